The summed E-state index contributed by atoms with van der Waals surface area (Å²) in [6, 6.07) is 14.2. The lowest BCUT2D eigenvalue weighted by Gasteiger charge is -2.31. The monoisotopic (exact) mass is 402 g/mol. The van der Waals surface area contributed by atoms with Crippen molar-refractivity contribution in [2.24, 2.45) is 0 Å². The average molecular weight is 403 g/mol. The second-order valence-electron chi connectivity index (χ2n) is 7.20. The summed E-state index contributed by atoms with van der Waals surface area (Å²) in [7, 11) is -3.63. The molecule has 2 rings (SSSR count). The van der Waals surface area contributed by atoms with Crippen LogP contribution in [0.25, 0.3) is 0 Å². The third-order valence-electron chi connectivity index (χ3n) is 4.82. The standard InChI is InChI=1S/C22H30N2O3S/c1-6-20(18-12-8-16(3)9-13-18)23-22(25)21(7-2)24(28(5,26)27)19-14-10-17(4)11-15-19/h8-15,20-21H,6-7H2,1-5H3,(H,23,25)/t20-,21-/m0/s1. The molecule has 28 heavy (non-hydrogen) atoms. The topological polar surface area (TPSA) is 66.5 Å². The minimum atomic E-state index is -3.63. The fraction of sp³-hybridized carbons (Fsp3) is 0.409. The van der Waals surface area contributed by atoms with Crippen LogP contribution in [0, 0.1) is 13.8 Å². The Morgan fingerprint density at radius 2 is 1.43 bits per heavy atom. The predicted octanol–water partition coefficient (Wildman–Crippen LogP) is 4.12. The van der Waals surface area contributed by atoms with E-state index in [1.807, 2.05) is 64.1 Å². The maximum Gasteiger partial charge on any atom is 0.244 e. The van der Waals surface area contributed by atoms with Crippen LogP contribution in [0.5, 0.6) is 0 Å². The molecule has 152 valence electrons. The van der Waals surface area contributed by atoms with Gasteiger partial charge in [-0.25, -0.2) is 8.42 Å². The molecule has 0 heterocycles. The normalized spacial score (nSPS) is 13.6. The second-order valence-corrected chi connectivity index (χ2v) is 9.06. The number of hydrogen-bond donors (Lipinski definition) is 1. The summed E-state index contributed by atoms with van der Waals surface area (Å²) in [5.41, 5.74) is 3.69. The summed E-state index contributed by atoms with van der Waals surface area (Å²) < 4.78 is 26.3. The summed E-state index contributed by atoms with van der Waals surface area (Å²) in [6.45, 7) is 7.78. The average Bonchev–Trinajstić information content (AvgIpc) is 2.64. The van der Waals surface area contributed by atoms with Crippen molar-refractivity contribution in [1.82, 2.24) is 5.32 Å². The highest BCUT2D eigenvalue weighted by Gasteiger charge is 2.32. The Labute approximate surface area is 168 Å². The Hall–Kier alpha value is -2.34. The highest BCUT2D eigenvalue weighted by Crippen LogP contribution is 2.24. The number of carbonyl (C=O) groups excluding carboxylic acids is 1. The number of aryl methyl sites for hydroxylation is 2. The Morgan fingerprint density at radius 3 is 1.86 bits per heavy atom. The molecule has 2 atom stereocenters. The molecule has 0 aliphatic carbocycles. The largest absolute Gasteiger partial charge is 0.347 e. The van der Waals surface area contributed by atoms with Crippen molar-refractivity contribution in [3.05, 3.63) is 65.2 Å². The highest BCUT2D eigenvalue weighted by atomic mass is 32.2. The number of sulfonamides is 1. The van der Waals surface area contributed by atoms with Crippen LogP contribution in [0.3, 0.4) is 0 Å². The zero-order chi connectivity index (χ0) is 20.9. The van der Waals surface area contributed by atoms with Gasteiger partial charge in [0.2, 0.25) is 15.9 Å². The van der Waals surface area contributed by atoms with E-state index in [0.717, 1.165) is 22.9 Å². The Balaban J connectivity index is 2.32. The van der Waals surface area contributed by atoms with Crippen LogP contribution in [-0.2, 0) is 14.8 Å². The Morgan fingerprint density at radius 1 is 0.929 bits per heavy atom. The van der Waals surface area contributed by atoms with Gasteiger partial charge in [-0.1, -0.05) is 61.4 Å². The lowest BCUT2D eigenvalue weighted by Crippen LogP contribution is -2.50. The molecule has 0 aromatic heterocycles. The van der Waals surface area contributed by atoms with E-state index in [2.05, 4.69) is 5.32 Å². The zero-order valence-corrected chi connectivity index (χ0v) is 18.1. The van der Waals surface area contributed by atoms with E-state index in [0.29, 0.717) is 18.5 Å². The van der Waals surface area contributed by atoms with E-state index in [9.17, 15) is 13.2 Å². The van der Waals surface area contributed by atoms with Crippen LogP contribution < -0.4 is 9.62 Å². The number of rotatable bonds is 8. The van der Waals surface area contributed by atoms with Crippen molar-refractivity contribution in [2.75, 3.05) is 10.6 Å². The van der Waals surface area contributed by atoms with Crippen molar-refractivity contribution < 1.29 is 13.2 Å². The van der Waals surface area contributed by atoms with Crippen molar-refractivity contribution in [3.63, 3.8) is 0 Å². The van der Waals surface area contributed by atoms with Gasteiger partial charge in [0.1, 0.15) is 6.04 Å². The molecule has 0 aliphatic heterocycles. The number of hydrogen-bond acceptors (Lipinski definition) is 3. The van der Waals surface area contributed by atoms with Gasteiger partial charge in [0.05, 0.1) is 18.0 Å². The van der Waals surface area contributed by atoms with E-state index in [4.69, 9.17) is 0 Å². The van der Waals surface area contributed by atoms with Gasteiger partial charge in [0, 0.05) is 0 Å². The maximum atomic E-state index is 13.1. The molecular weight excluding hydrogens is 372 g/mol. The molecule has 2 aromatic rings. The third kappa shape index (κ3) is 5.35. The molecule has 0 aliphatic rings. The maximum absolute atomic E-state index is 13.1. The van der Waals surface area contributed by atoms with Gasteiger partial charge in [-0.05, 0) is 44.4 Å². The number of nitrogens with zero attached hydrogens (tertiary/aromatic N) is 1. The molecule has 0 radical (unpaired) electrons. The van der Waals surface area contributed by atoms with Crippen molar-refractivity contribution >= 4 is 21.6 Å². The molecule has 0 spiro atoms. The zero-order valence-electron chi connectivity index (χ0n) is 17.3. The van der Waals surface area contributed by atoms with Crippen LogP contribution in [0.4, 0.5) is 5.69 Å². The summed E-state index contributed by atoms with van der Waals surface area (Å²) >= 11 is 0. The number of amides is 1. The smallest absolute Gasteiger partial charge is 0.244 e. The fourth-order valence-corrected chi connectivity index (χ4v) is 4.45. The van der Waals surface area contributed by atoms with Crippen LogP contribution in [0.15, 0.2) is 48.5 Å². The summed E-state index contributed by atoms with van der Waals surface area (Å²) in [5, 5.41) is 3.04. The van der Waals surface area contributed by atoms with Gasteiger partial charge in [-0.2, -0.15) is 0 Å². The van der Waals surface area contributed by atoms with Gasteiger partial charge in [-0.3, -0.25) is 9.10 Å². The SMILES string of the molecule is CC[C@H](NC(=O)[C@H](CC)N(c1ccc(C)cc1)S(C)(=O)=O)c1ccc(C)cc1. The molecule has 1 amide bonds. The van der Waals surface area contributed by atoms with E-state index < -0.39 is 16.1 Å². The van der Waals surface area contributed by atoms with Crippen LogP contribution in [0.1, 0.15) is 49.4 Å². The molecule has 0 saturated carbocycles. The molecule has 0 saturated heterocycles. The summed E-state index contributed by atoms with van der Waals surface area (Å²) in [5.74, 6) is -0.291. The molecule has 6 heteroatoms. The Kier molecular flexibility index (Phi) is 7.24. The molecular formula is C22H30N2O3S. The first-order chi connectivity index (χ1) is 13.2. The number of nitrogens with one attached hydrogen (secondary N) is 1. The molecule has 0 unspecified atom stereocenters. The molecule has 0 fully saturated rings. The van der Waals surface area contributed by atoms with Gasteiger partial charge < -0.3 is 5.32 Å². The number of anilines is 1. The fourth-order valence-electron chi connectivity index (χ4n) is 3.24. The van der Waals surface area contributed by atoms with E-state index in [-0.39, 0.29) is 11.9 Å². The van der Waals surface area contributed by atoms with Crippen molar-refractivity contribution in [3.8, 4) is 0 Å². The van der Waals surface area contributed by atoms with Crippen molar-refractivity contribution in [1.29, 1.82) is 0 Å². The highest BCUT2D eigenvalue weighted by molar-refractivity contribution is 7.92. The summed E-state index contributed by atoms with van der Waals surface area (Å²) in [4.78, 5) is 13.1. The quantitative estimate of drug-likeness (QED) is 0.722. The van der Waals surface area contributed by atoms with E-state index >= 15 is 0 Å². The van der Waals surface area contributed by atoms with Crippen LogP contribution in [0.2, 0.25) is 0 Å². The van der Waals surface area contributed by atoms with Gasteiger partial charge in [-0.15, -0.1) is 0 Å². The van der Waals surface area contributed by atoms with Gasteiger partial charge in [0.25, 0.3) is 0 Å². The third-order valence-corrected chi connectivity index (χ3v) is 6.00. The van der Waals surface area contributed by atoms with Gasteiger partial charge >= 0.3 is 0 Å². The molecule has 2 aromatic carbocycles. The lowest BCUT2D eigenvalue weighted by atomic mass is 10.0. The predicted molar refractivity (Wildman–Crippen MR) is 115 cm³/mol. The first kappa shape index (κ1) is 22.0. The van der Waals surface area contributed by atoms with E-state index in [1.165, 1.54) is 4.31 Å². The number of carbonyl (C=O) groups is 1. The first-order valence-electron chi connectivity index (χ1n) is 9.60. The van der Waals surface area contributed by atoms with Crippen LogP contribution in [-0.4, -0.2) is 26.6 Å². The minimum absolute atomic E-state index is 0.165. The van der Waals surface area contributed by atoms with E-state index in [1.54, 1.807) is 12.1 Å². The van der Waals surface area contributed by atoms with Crippen molar-refractivity contribution in [2.45, 2.75) is 52.6 Å². The molecule has 5 nitrogen and oxygen atoms in total. The first-order valence-corrected chi connectivity index (χ1v) is 11.4. The molecule has 0 bridgehead atoms. The van der Waals surface area contributed by atoms with Crippen LogP contribution >= 0.6 is 0 Å². The van der Waals surface area contributed by atoms with Gasteiger partial charge in [0.15, 0.2) is 0 Å². The number of benzene rings is 2. The lowest BCUT2D eigenvalue weighted by molar-refractivity contribution is -0.123. The summed E-state index contributed by atoms with van der Waals surface area (Å²) in [6.07, 6.45) is 2.23. The molecule has 1 N–H and O–H groups in total. The second kappa shape index (κ2) is 9.24. The Bertz CT molecular complexity index is 890. The minimum Gasteiger partial charge on any atom is -0.347 e.